The summed E-state index contributed by atoms with van der Waals surface area (Å²) < 4.78 is 9.58. The quantitative estimate of drug-likeness (QED) is 0.169. The van der Waals surface area contributed by atoms with Crippen molar-refractivity contribution >= 4 is 101 Å². The van der Waals surface area contributed by atoms with Gasteiger partial charge in [-0.2, -0.15) is 0 Å². The number of fused-ring (bicyclic) bond motifs is 11. The monoisotopic (exact) mass is 865 g/mol. The Morgan fingerprint density at radius 3 is 1.94 bits per heavy atom. The number of anilines is 5. The van der Waals surface area contributed by atoms with Gasteiger partial charge in [-0.1, -0.05) is 135 Å². The summed E-state index contributed by atoms with van der Waals surface area (Å²) in [6.07, 6.45) is 2.30. The second-order valence-electron chi connectivity index (χ2n) is 20.6. The molecule has 67 heavy (non-hydrogen) atoms. The van der Waals surface area contributed by atoms with Crippen molar-refractivity contribution in [3.05, 3.63) is 192 Å². The lowest BCUT2D eigenvalue weighted by atomic mass is 9.58. The molecule has 1 N–H and O–H groups in total. The van der Waals surface area contributed by atoms with Gasteiger partial charge in [-0.15, -0.1) is 0 Å². The molecule has 9 aromatic carbocycles. The third kappa shape index (κ3) is 6.13. The fourth-order valence-electron chi connectivity index (χ4n) is 11.7. The molecule has 0 radical (unpaired) electrons. The average molecular weight is 866 g/mol. The molecule has 0 amide bonds. The fourth-order valence-corrected chi connectivity index (χ4v) is 11.7. The molecule has 3 heterocycles. The van der Waals surface area contributed by atoms with Crippen molar-refractivity contribution < 1.29 is 4.42 Å². The molecule has 5 heteroatoms. The van der Waals surface area contributed by atoms with E-state index >= 15 is 0 Å². The number of nitrogens with one attached hydrogen (secondary N) is 1. The van der Waals surface area contributed by atoms with Gasteiger partial charge in [-0.25, -0.2) is 0 Å². The van der Waals surface area contributed by atoms with Crippen molar-refractivity contribution in [2.45, 2.75) is 65.2 Å². The van der Waals surface area contributed by atoms with Gasteiger partial charge in [0, 0.05) is 55.9 Å². The molecular weight excluding hydrogens is 814 g/mol. The van der Waals surface area contributed by atoms with Crippen LogP contribution in [0.4, 0.5) is 28.4 Å². The summed E-state index contributed by atoms with van der Waals surface area (Å²) in [5, 5.41) is 11.3. The molecule has 324 valence electrons. The molecule has 0 saturated carbocycles. The summed E-state index contributed by atoms with van der Waals surface area (Å²) in [5.41, 5.74) is 21.4. The Hall–Kier alpha value is -7.50. The predicted molar refractivity (Wildman–Crippen MR) is 287 cm³/mol. The lowest BCUT2D eigenvalue weighted by molar-refractivity contribution is 0.332. The molecule has 2 aliphatic rings. The molecule has 0 spiro atoms. The SMILES string of the molecule is Cc1ccc(Nc2cc3oc4cc5c(cc4c3cc2-c2cc(N(c3ccccc3)c3ccccc3)c3c4c6ccccc6ccc4n4c3c2Bc2cc(C)ccc2-4)C(C)(C)CCC5(C)C)cc1. The van der Waals surface area contributed by atoms with Crippen LogP contribution in [-0.2, 0) is 10.8 Å². The lowest BCUT2D eigenvalue weighted by Gasteiger charge is -2.41. The van der Waals surface area contributed by atoms with Crippen LogP contribution in [0.15, 0.2) is 174 Å². The number of nitrogens with zero attached hydrogens (tertiary/aromatic N) is 2. The van der Waals surface area contributed by atoms with Crippen LogP contribution in [0, 0.1) is 13.8 Å². The van der Waals surface area contributed by atoms with Crippen molar-refractivity contribution in [3.63, 3.8) is 0 Å². The molecule has 1 aliphatic carbocycles. The second kappa shape index (κ2) is 14.5. The van der Waals surface area contributed by atoms with E-state index < -0.39 is 0 Å². The highest BCUT2D eigenvalue weighted by atomic mass is 16.3. The molecular formula is C62H52BN3O. The number of aromatic nitrogens is 1. The minimum Gasteiger partial charge on any atom is -0.456 e. The summed E-state index contributed by atoms with van der Waals surface area (Å²) in [5.74, 6) is 0. The first-order chi connectivity index (χ1) is 32.5. The standard InChI is InChI=1S/C62H52BN3O/c1-37-21-25-40(26-22-37)64-51-36-56-45(46-33-48-49(35-55(46)67-56)62(5,6)30-29-61(48,3)4)32-44(51)47-34-54(65(41-16-9-7-10-17-41)42-18-11-8-12-19-42)58-57-43-20-14-13-15-39(43)24-28-53(57)66-52-27-23-38(2)31-50(52)63-59(47)60(58)66/h7-28,31-36,63-64H,29-30H2,1-6H3. The van der Waals surface area contributed by atoms with Crippen LogP contribution >= 0.6 is 0 Å². The summed E-state index contributed by atoms with van der Waals surface area (Å²) in [7, 11) is 0.791. The molecule has 4 nitrogen and oxygen atoms in total. The number of furan rings is 1. The minimum atomic E-state index is 0.0595. The molecule has 13 rings (SSSR count). The fraction of sp³-hybridized carbons (Fsp3) is 0.161. The molecule has 11 aromatic rings. The van der Waals surface area contributed by atoms with E-state index in [0.717, 1.165) is 70.7 Å². The van der Waals surface area contributed by atoms with Crippen molar-refractivity contribution in [1.29, 1.82) is 0 Å². The highest BCUT2D eigenvalue weighted by Crippen LogP contribution is 2.51. The van der Waals surface area contributed by atoms with Crippen molar-refractivity contribution in [2.24, 2.45) is 0 Å². The molecule has 0 saturated heterocycles. The predicted octanol–water partition coefficient (Wildman–Crippen LogP) is 15.4. The maximum Gasteiger partial charge on any atom is 0.198 e. The van der Waals surface area contributed by atoms with E-state index in [0.29, 0.717) is 0 Å². The van der Waals surface area contributed by atoms with Crippen LogP contribution in [0.3, 0.4) is 0 Å². The van der Waals surface area contributed by atoms with E-state index in [1.54, 1.807) is 0 Å². The van der Waals surface area contributed by atoms with Crippen LogP contribution in [0.25, 0.3) is 71.3 Å². The summed E-state index contributed by atoms with van der Waals surface area (Å²) >= 11 is 0. The van der Waals surface area contributed by atoms with E-state index in [1.807, 2.05) is 0 Å². The van der Waals surface area contributed by atoms with E-state index in [4.69, 9.17) is 4.42 Å². The van der Waals surface area contributed by atoms with Crippen LogP contribution < -0.4 is 21.1 Å². The van der Waals surface area contributed by atoms with Gasteiger partial charge >= 0.3 is 0 Å². The number of hydrogen-bond acceptors (Lipinski definition) is 3. The van der Waals surface area contributed by atoms with Gasteiger partial charge in [0.25, 0.3) is 0 Å². The number of aryl methyl sites for hydroxylation is 2. The zero-order valence-electron chi connectivity index (χ0n) is 39.1. The Kier molecular flexibility index (Phi) is 8.62. The second-order valence-corrected chi connectivity index (χ2v) is 20.6. The average Bonchev–Trinajstić information content (AvgIpc) is 3.88. The summed E-state index contributed by atoms with van der Waals surface area (Å²) in [6, 6.07) is 63.2. The molecule has 0 fully saturated rings. The van der Waals surface area contributed by atoms with Gasteiger partial charge < -0.3 is 19.2 Å². The van der Waals surface area contributed by atoms with Crippen LogP contribution in [-0.4, -0.2) is 11.8 Å². The topological polar surface area (TPSA) is 33.3 Å². The molecule has 2 aromatic heterocycles. The Morgan fingerprint density at radius 2 is 1.21 bits per heavy atom. The Bertz CT molecular complexity index is 3780. The molecule has 0 atom stereocenters. The lowest BCUT2D eigenvalue weighted by Crippen LogP contribution is -2.37. The zero-order chi connectivity index (χ0) is 45.3. The van der Waals surface area contributed by atoms with Crippen molar-refractivity contribution in [1.82, 2.24) is 4.57 Å². The van der Waals surface area contributed by atoms with E-state index in [2.05, 4.69) is 226 Å². The van der Waals surface area contributed by atoms with E-state index in [1.165, 1.54) is 82.4 Å². The largest absolute Gasteiger partial charge is 0.456 e. The highest BCUT2D eigenvalue weighted by molar-refractivity contribution is 6.74. The Balaban J connectivity index is 1.21. The number of benzene rings is 9. The zero-order valence-corrected chi connectivity index (χ0v) is 39.1. The minimum absolute atomic E-state index is 0.0595. The van der Waals surface area contributed by atoms with E-state index in [-0.39, 0.29) is 10.8 Å². The Labute approximate surface area is 392 Å². The first-order valence-corrected chi connectivity index (χ1v) is 23.9. The normalized spacial score (nSPS) is 14.7. The molecule has 0 bridgehead atoms. The van der Waals surface area contributed by atoms with Gasteiger partial charge in [0.05, 0.1) is 22.4 Å². The third-order valence-corrected chi connectivity index (χ3v) is 15.3. The number of hydrogen-bond donors (Lipinski definition) is 1. The van der Waals surface area contributed by atoms with Gasteiger partial charge in [-0.05, 0) is 143 Å². The first kappa shape index (κ1) is 39.8. The third-order valence-electron chi connectivity index (χ3n) is 15.3. The highest BCUT2D eigenvalue weighted by Gasteiger charge is 2.38. The number of para-hydroxylation sites is 2. The van der Waals surface area contributed by atoms with Crippen molar-refractivity contribution in [3.8, 4) is 16.8 Å². The summed E-state index contributed by atoms with van der Waals surface area (Å²) in [4.78, 5) is 2.48. The van der Waals surface area contributed by atoms with Gasteiger partial charge in [0.2, 0.25) is 0 Å². The van der Waals surface area contributed by atoms with Crippen LogP contribution in [0.1, 0.15) is 62.8 Å². The van der Waals surface area contributed by atoms with Crippen LogP contribution in [0.2, 0.25) is 0 Å². The maximum atomic E-state index is 6.99. The smallest absolute Gasteiger partial charge is 0.198 e. The maximum absolute atomic E-state index is 6.99. The van der Waals surface area contributed by atoms with Crippen molar-refractivity contribution in [2.75, 3.05) is 10.2 Å². The summed E-state index contributed by atoms with van der Waals surface area (Å²) in [6.45, 7) is 14.0. The Morgan fingerprint density at radius 1 is 0.567 bits per heavy atom. The first-order valence-electron chi connectivity index (χ1n) is 23.9. The van der Waals surface area contributed by atoms with Gasteiger partial charge in [-0.3, -0.25) is 0 Å². The van der Waals surface area contributed by atoms with Gasteiger partial charge in [0.15, 0.2) is 7.28 Å². The molecule has 0 unspecified atom stereocenters. The van der Waals surface area contributed by atoms with E-state index in [9.17, 15) is 0 Å². The van der Waals surface area contributed by atoms with Gasteiger partial charge in [0.1, 0.15) is 11.2 Å². The van der Waals surface area contributed by atoms with Crippen LogP contribution in [0.5, 0.6) is 0 Å². The molecule has 1 aliphatic heterocycles. The number of rotatable bonds is 6.